The molecule has 0 aromatic carbocycles. The van der Waals surface area contributed by atoms with Gasteiger partial charge in [-0.05, 0) is 6.92 Å². The second-order valence-corrected chi connectivity index (χ2v) is 4.12. The topological polar surface area (TPSA) is 73.9 Å². The normalized spacial score (nSPS) is 32.9. The lowest BCUT2D eigenvalue weighted by Crippen LogP contribution is -2.56. The van der Waals surface area contributed by atoms with E-state index in [1.165, 1.54) is 21.0 Å². The Kier molecular flexibility index (Phi) is 4.89. The third-order valence-electron chi connectivity index (χ3n) is 2.63. The monoisotopic (exact) mass is 245 g/mol. The minimum Gasteiger partial charge on any atom is -0.458 e. The van der Waals surface area contributed by atoms with E-state index in [1.807, 2.05) is 0 Å². The van der Waals surface area contributed by atoms with Gasteiger partial charge < -0.3 is 19.5 Å². The minimum absolute atomic E-state index is 0.170. The molecular weight excluding hydrogens is 226 g/mol. The number of hydrogen-bond acceptors (Lipinski definition) is 5. The largest absolute Gasteiger partial charge is 0.458 e. The quantitative estimate of drug-likeness (QED) is 0.719. The van der Waals surface area contributed by atoms with Crippen molar-refractivity contribution in [2.45, 2.75) is 51.7 Å². The number of ether oxygens (including phenoxy) is 3. The molecule has 0 unspecified atom stereocenters. The van der Waals surface area contributed by atoms with Crippen molar-refractivity contribution in [2.24, 2.45) is 0 Å². The molecule has 17 heavy (non-hydrogen) atoms. The predicted molar refractivity (Wildman–Crippen MR) is 59.1 cm³/mol. The van der Waals surface area contributed by atoms with Gasteiger partial charge in [0, 0.05) is 27.4 Å². The molecule has 1 fully saturated rings. The molecular formula is C11H19NO5. The fraction of sp³-hybridized carbons (Fsp3) is 0.818. The first-order valence-corrected chi connectivity index (χ1v) is 5.56. The van der Waals surface area contributed by atoms with Crippen molar-refractivity contribution in [3.8, 4) is 0 Å². The molecule has 4 atom stereocenters. The molecule has 0 bridgehead atoms. The summed E-state index contributed by atoms with van der Waals surface area (Å²) in [6, 6.07) is -0.287. The third-order valence-corrected chi connectivity index (χ3v) is 2.63. The minimum atomic E-state index is -0.484. The first kappa shape index (κ1) is 13.9. The van der Waals surface area contributed by atoms with Crippen LogP contribution in [0.3, 0.4) is 0 Å². The summed E-state index contributed by atoms with van der Waals surface area (Å²) in [6.45, 7) is 4.54. The Morgan fingerprint density at radius 1 is 1.35 bits per heavy atom. The average molecular weight is 245 g/mol. The van der Waals surface area contributed by atoms with E-state index in [0.717, 1.165) is 0 Å². The predicted octanol–water partition coefficient (Wildman–Crippen LogP) is 0.204. The van der Waals surface area contributed by atoms with Gasteiger partial charge >= 0.3 is 5.97 Å². The van der Waals surface area contributed by atoms with Gasteiger partial charge in [0.2, 0.25) is 5.91 Å². The molecule has 1 amide bonds. The first-order chi connectivity index (χ1) is 7.93. The van der Waals surface area contributed by atoms with Crippen LogP contribution in [-0.2, 0) is 23.8 Å². The Morgan fingerprint density at radius 2 is 2.00 bits per heavy atom. The number of nitrogens with one attached hydrogen (secondary N) is 1. The van der Waals surface area contributed by atoms with Crippen LogP contribution in [0, 0.1) is 0 Å². The molecule has 1 saturated heterocycles. The maximum Gasteiger partial charge on any atom is 0.303 e. The molecule has 0 saturated carbocycles. The Hall–Kier alpha value is -1.14. The van der Waals surface area contributed by atoms with E-state index in [2.05, 4.69) is 5.32 Å². The van der Waals surface area contributed by atoms with Gasteiger partial charge in [-0.15, -0.1) is 0 Å². The van der Waals surface area contributed by atoms with Gasteiger partial charge in [-0.3, -0.25) is 9.59 Å². The summed E-state index contributed by atoms with van der Waals surface area (Å²) < 4.78 is 15.8. The maximum absolute atomic E-state index is 11.1. The molecule has 6 heteroatoms. The summed E-state index contributed by atoms with van der Waals surface area (Å²) in [5.41, 5.74) is 0. The van der Waals surface area contributed by atoms with Crippen LogP contribution in [0.2, 0.25) is 0 Å². The number of amides is 1. The molecule has 0 aliphatic carbocycles. The fourth-order valence-electron chi connectivity index (χ4n) is 1.96. The lowest BCUT2D eigenvalue weighted by Gasteiger charge is -2.39. The fourth-order valence-corrected chi connectivity index (χ4v) is 1.96. The number of methoxy groups -OCH3 is 1. The van der Waals surface area contributed by atoms with E-state index < -0.39 is 18.4 Å². The van der Waals surface area contributed by atoms with E-state index in [0.29, 0.717) is 6.42 Å². The molecule has 1 aliphatic heterocycles. The lowest BCUT2D eigenvalue weighted by molar-refractivity contribution is -0.223. The van der Waals surface area contributed by atoms with E-state index in [4.69, 9.17) is 14.2 Å². The summed E-state index contributed by atoms with van der Waals surface area (Å²) in [4.78, 5) is 22.1. The molecule has 98 valence electrons. The average Bonchev–Trinajstić information content (AvgIpc) is 2.21. The van der Waals surface area contributed by atoms with Crippen LogP contribution in [0.25, 0.3) is 0 Å². The van der Waals surface area contributed by atoms with Gasteiger partial charge in [-0.1, -0.05) is 0 Å². The molecule has 0 aromatic rings. The summed E-state index contributed by atoms with van der Waals surface area (Å²) in [6.07, 6.45) is -0.746. The summed E-state index contributed by atoms with van der Waals surface area (Å²) in [5.74, 6) is -0.562. The van der Waals surface area contributed by atoms with Crippen LogP contribution in [0.4, 0.5) is 0 Å². The standard InChI is InChI=1S/C11H19NO5/c1-6-11(17-8(3)14)9(12-7(2)13)5-10(15-4)16-6/h6,9-11H,5H2,1-4H3,(H,12,13)/t6-,9-,10-,11+/m0/s1. The zero-order valence-electron chi connectivity index (χ0n) is 10.6. The summed E-state index contributed by atoms with van der Waals surface area (Å²) >= 11 is 0. The van der Waals surface area contributed by atoms with Gasteiger partial charge in [0.15, 0.2) is 6.29 Å². The van der Waals surface area contributed by atoms with Gasteiger partial charge in [0.05, 0.1) is 12.1 Å². The van der Waals surface area contributed by atoms with Crippen molar-refractivity contribution in [1.29, 1.82) is 0 Å². The molecule has 1 rings (SSSR count). The van der Waals surface area contributed by atoms with Crippen molar-refractivity contribution in [1.82, 2.24) is 5.32 Å². The highest BCUT2D eigenvalue weighted by atomic mass is 16.7. The zero-order chi connectivity index (χ0) is 13.0. The Balaban J connectivity index is 2.74. The summed E-state index contributed by atoms with van der Waals surface area (Å²) in [7, 11) is 1.54. The van der Waals surface area contributed by atoms with E-state index >= 15 is 0 Å². The number of rotatable bonds is 3. The van der Waals surface area contributed by atoms with Crippen LogP contribution >= 0.6 is 0 Å². The maximum atomic E-state index is 11.1. The Labute approximate surface area is 101 Å². The highest BCUT2D eigenvalue weighted by molar-refractivity contribution is 5.73. The van der Waals surface area contributed by atoms with Gasteiger partial charge in [-0.25, -0.2) is 0 Å². The van der Waals surface area contributed by atoms with Crippen molar-refractivity contribution in [2.75, 3.05) is 7.11 Å². The highest BCUT2D eigenvalue weighted by Gasteiger charge is 2.39. The third kappa shape index (κ3) is 3.98. The van der Waals surface area contributed by atoms with Crippen molar-refractivity contribution in [3.63, 3.8) is 0 Å². The van der Waals surface area contributed by atoms with Gasteiger partial charge in [-0.2, -0.15) is 0 Å². The second-order valence-electron chi connectivity index (χ2n) is 4.12. The van der Waals surface area contributed by atoms with E-state index in [1.54, 1.807) is 6.92 Å². The van der Waals surface area contributed by atoms with Gasteiger partial charge in [0.25, 0.3) is 0 Å². The lowest BCUT2D eigenvalue weighted by atomic mass is 9.99. The first-order valence-electron chi connectivity index (χ1n) is 5.56. The Morgan fingerprint density at radius 3 is 2.47 bits per heavy atom. The number of hydrogen-bond donors (Lipinski definition) is 1. The number of carbonyl (C=O) groups excluding carboxylic acids is 2. The molecule has 0 spiro atoms. The van der Waals surface area contributed by atoms with Crippen LogP contribution in [0.5, 0.6) is 0 Å². The smallest absolute Gasteiger partial charge is 0.303 e. The molecule has 1 N–H and O–H groups in total. The molecule has 6 nitrogen and oxygen atoms in total. The number of esters is 1. The van der Waals surface area contributed by atoms with Gasteiger partial charge in [0.1, 0.15) is 6.10 Å². The molecule has 1 aliphatic rings. The van der Waals surface area contributed by atoms with Crippen LogP contribution in [0.1, 0.15) is 27.2 Å². The molecule has 1 heterocycles. The van der Waals surface area contributed by atoms with Crippen LogP contribution in [-0.4, -0.2) is 43.5 Å². The zero-order valence-corrected chi connectivity index (χ0v) is 10.6. The van der Waals surface area contributed by atoms with Crippen molar-refractivity contribution in [3.05, 3.63) is 0 Å². The second kappa shape index (κ2) is 5.97. The Bertz CT molecular complexity index is 294. The van der Waals surface area contributed by atoms with Crippen molar-refractivity contribution >= 4 is 11.9 Å². The number of carbonyl (C=O) groups is 2. The summed E-state index contributed by atoms with van der Waals surface area (Å²) in [5, 5.41) is 2.76. The molecule has 0 radical (unpaired) electrons. The SMILES string of the molecule is CO[C@@H]1C[C@H](NC(C)=O)[C@H](OC(C)=O)[C@H](C)O1. The van der Waals surface area contributed by atoms with E-state index in [-0.39, 0.29) is 18.1 Å². The molecule has 0 aromatic heterocycles. The van der Waals surface area contributed by atoms with Crippen LogP contribution in [0.15, 0.2) is 0 Å². The van der Waals surface area contributed by atoms with E-state index in [9.17, 15) is 9.59 Å². The highest BCUT2D eigenvalue weighted by Crippen LogP contribution is 2.23. The van der Waals surface area contributed by atoms with Crippen LogP contribution < -0.4 is 5.32 Å². The van der Waals surface area contributed by atoms with Crippen molar-refractivity contribution < 1.29 is 23.8 Å².